The van der Waals surface area contributed by atoms with Crippen LogP contribution in [0.1, 0.15) is 23.1 Å². The first-order valence-electron chi connectivity index (χ1n) is 8.84. The summed E-state index contributed by atoms with van der Waals surface area (Å²) in [6.07, 6.45) is -2.65. The summed E-state index contributed by atoms with van der Waals surface area (Å²) in [6.45, 7) is 1.08. The predicted octanol–water partition coefficient (Wildman–Crippen LogP) is 3.64. The Morgan fingerprint density at radius 1 is 1.18 bits per heavy atom. The lowest BCUT2D eigenvalue weighted by Gasteiger charge is -2.25. The van der Waals surface area contributed by atoms with E-state index in [1.54, 1.807) is 0 Å². The second kappa shape index (κ2) is 8.48. The van der Waals surface area contributed by atoms with Crippen molar-refractivity contribution in [2.24, 2.45) is 0 Å². The summed E-state index contributed by atoms with van der Waals surface area (Å²) in [7, 11) is 3.78. The highest BCUT2D eigenvalue weighted by Crippen LogP contribution is 2.39. The minimum absolute atomic E-state index is 0.00152. The fourth-order valence-corrected chi connectivity index (χ4v) is 3.01. The molecule has 0 saturated carbocycles. The van der Waals surface area contributed by atoms with E-state index in [-0.39, 0.29) is 18.1 Å². The van der Waals surface area contributed by atoms with Crippen LogP contribution in [0.25, 0.3) is 5.57 Å². The molecular formula is C21H21F3N2O2. The number of nitrogens with one attached hydrogen (secondary N) is 1. The highest BCUT2D eigenvalue weighted by Gasteiger charge is 2.27. The third-order valence-corrected chi connectivity index (χ3v) is 4.45. The van der Waals surface area contributed by atoms with E-state index < -0.39 is 12.2 Å². The zero-order valence-corrected chi connectivity index (χ0v) is 15.6. The Morgan fingerprint density at radius 2 is 1.89 bits per heavy atom. The molecule has 3 rings (SSSR count). The van der Waals surface area contributed by atoms with Crippen molar-refractivity contribution in [2.75, 3.05) is 33.8 Å². The number of nitrogens with zero attached hydrogens (tertiary/aromatic N) is 1. The Morgan fingerprint density at radius 3 is 2.54 bits per heavy atom. The average Bonchev–Trinajstić information content (AvgIpc) is 2.67. The molecule has 0 bridgehead atoms. The monoisotopic (exact) mass is 390 g/mol. The summed E-state index contributed by atoms with van der Waals surface area (Å²) in [5, 5.41) is 2.82. The molecular weight excluding hydrogens is 369 g/mol. The first kappa shape index (κ1) is 19.9. The number of ether oxygens (including phenoxy) is 1. The predicted molar refractivity (Wildman–Crippen MR) is 101 cm³/mol. The zero-order valence-electron chi connectivity index (χ0n) is 15.6. The summed E-state index contributed by atoms with van der Waals surface area (Å²) in [5.41, 5.74) is 1.59. The maximum atomic E-state index is 13.4. The molecule has 0 aliphatic carbocycles. The largest absolute Gasteiger partial charge is 0.488 e. The summed E-state index contributed by atoms with van der Waals surface area (Å²) >= 11 is 0. The summed E-state index contributed by atoms with van der Waals surface area (Å²) in [5.74, 6) is -0.349. The van der Waals surface area contributed by atoms with Gasteiger partial charge in [-0.25, -0.2) is 13.2 Å². The number of amides is 1. The van der Waals surface area contributed by atoms with Gasteiger partial charge < -0.3 is 15.0 Å². The Balaban J connectivity index is 2.07. The summed E-state index contributed by atoms with van der Waals surface area (Å²) in [4.78, 5) is 14.7. The number of carbonyl (C=O) groups excluding carboxylic acids is 1. The molecule has 0 saturated heterocycles. The lowest BCUT2D eigenvalue weighted by Crippen LogP contribution is -2.34. The minimum atomic E-state index is -2.65. The van der Waals surface area contributed by atoms with Crippen LogP contribution >= 0.6 is 0 Å². The van der Waals surface area contributed by atoms with Crippen LogP contribution in [0.3, 0.4) is 0 Å². The van der Waals surface area contributed by atoms with E-state index >= 15 is 0 Å². The standard InChI is InChI=1S/C21H21F3N2O2/c1-26(2)10-9-25-21(27)17-12-28-18-8-5-14(20(23)24)11-16(18)19(17)13-3-6-15(22)7-4-13/h3-8,11,20H,9-10,12H2,1-2H3,(H,25,27). The molecule has 28 heavy (non-hydrogen) atoms. The van der Waals surface area contributed by atoms with Gasteiger partial charge in [-0.1, -0.05) is 12.1 Å². The number of carbonyl (C=O) groups is 1. The van der Waals surface area contributed by atoms with Crippen LogP contribution in [0.5, 0.6) is 5.75 Å². The van der Waals surface area contributed by atoms with Crippen LogP contribution in [-0.2, 0) is 4.79 Å². The van der Waals surface area contributed by atoms with Crippen molar-refractivity contribution in [1.82, 2.24) is 10.2 Å². The van der Waals surface area contributed by atoms with Gasteiger partial charge in [0.1, 0.15) is 18.2 Å². The van der Waals surface area contributed by atoms with Crippen molar-refractivity contribution < 1.29 is 22.7 Å². The molecule has 148 valence electrons. The first-order valence-corrected chi connectivity index (χ1v) is 8.84. The number of rotatable bonds is 6. The highest BCUT2D eigenvalue weighted by molar-refractivity contribution is 6.06. The molecule has 1 aliphatic heterocycles. The molecule has 1 N–H and O–H groups in total. The van der Waals surface area contributed by atoms with Crippen molar-refractivity contribution in [1.29, 1.82) is 0 Å². The molecule has 0 aromatic heterocycles. The quantitative estimate of drug-likeness (QED) is 0.819. The van der Waals surface area contributed by atoms with Gasteiger partial charge in [0, 0.05) is 29.8 Å². The third-order valence-electron chi connectivity index (χ3n) is 4.45. The number of halogens is 3. The van der Waals surface area contributed by atoms with E-state index in [0.717, 1.165) is 0 Å². The molecule has 0 atom stereocenters. The van der Waals surface area contributed by atoms with Gasteiger partial charge >= 0.3 is 0 Å². The summed E-state index contributed by atoms with van der Waals surface area (Å²) in [6, 6.07) is 9.70. The lowest BCUT2D eigenvalue weighted by atomic mass is 9.89. The number of alkyl halides is 2. The van der Waals surface area contributed by atoms with Crippen LogP contribution in [0.4, 0.5) is 13.2 Å². The smallest absolute Gasteiger partial charge is 0.263 e. The van der Waals surface area contributed by atoms with Crippen LogP contribution in [-0.4, -0.2) is 44.6 Å². The second-order valence-corrected chi connectivity index (χ2v) is 6.76. The maximum absolute atomic E-state index is 13.4. The Bertz CT molecular complexity index is 893. The van der Waals surface area contributed by atoms with E-state index in [1.165, 1.54) is 42.5 Å². The van der Waals surface area contributed by atoms with E-state index in [9.17, 15) is 18.0 Å². The van der Waals surface area contributed by atoms with Gasteiger partial charge in [-0.15, -0.1) is 0 Å². The van der Waals surface area contributed by atoms with Gasteiger partial charge in [-0.05, 0) is 50.0 Å². The zero-order chi connectivity index (χ0) is 20.3. The van der Waals surface area contributed by atoms with Crippen LogP contribution in [0.15, 0.2) is 48.0 Å². The molecule has 2 aromatic carbocycles. The van der Waals surface area contributed by atoms with Crippen LogP contribution in [0, 0.1) is 5.82 Å². The van der Waals surface area contributed by atoms with Gasteiger partial charge in [0.25, 0.3) is 12.3 Å². The van der Waals surface area contributed by atoms with Gasteiger partial charge in [0.2, 0.25) is 0 Å². The van der Waals surface area contributed by atoms with Crippen molar-refractivity contribution in [3.05, 3.63) is 70.5 Å². The van der Waals surface area contributed by atoms with Crippen molar-refractivity contribution >= 4 is 11.5 Å². The minimum Gasteiger partial charge on any atom is -0.488 e. The van der Waals surface area contributed by atoms with Crippen molar-refractivity contribution in [2.45, 2.75) is 6.43 Å². The Kier molecular flexibility index (Phi) is 6.04. The molecule has 0 spiro atoms. The second-order valence-electron chi connectivity index (χ2n) is 6.76. The van der Waals surface area contributed by atoms with Gasteiger partial charge in [-0.3, -0.25) is 4.79 Å². The summed E-state index contributed by atoms with van der Waals surface area (Å²) < 4.78 is 45.5. The third kappa shape index (κ3) is 4.36. The van der Waals surface area contributed by atoms with E-state index in [0.29, 0.717) is 41.1 Å². The number of hydrogen-bond donors (Lipinski definition) is 1. The fourth-order valence-electron chi connectivity index (χ4n) is 3.01. The van der Waals surface area contributed by atoms with E-state index in [4.69, 9.17) is 4.74 Å². The molecule has 1 aliphatic rings. The SMILES string of the molecule is CN(C)CCNC(=O)C1=C(c2ccc(F)cc2)c2cc(C(F)F)ccc2OC1. The highest BCUT2D eigenvalue weighted by atomic mass is 19.3. The molecule has 1 amide bonds. The van der Waals surface area contributed by atoms with Crippen molar-refractivity contribution in [3.63, 3.8) is 0 Å². The maximum Gasteiger partial charge on any atom is 0.263 e. The Labute approximate surface area is 161 Å². The number of fused-ring (bicyclic) bond motifs is 1. The van der Waals surface area contributed by atoms with Gasteiger partial charge in [0.05, 0.1) is 5.57 Å². The number of benzene rings is 2. The van der Waals surface area contributed by atoms with Crippen LogP contribution < -0.4 is 10.1 Å². The van der Waals surface area contributed by atoms with E-state index in [1.807, 2.05) is 19.0 Å². The van der Waals surface area contributed by atoms with E-state index in [2.05, 4.69) is 5.32 Å². The fraction of sp³-hybridized carbons (Fsp3) is 0.286. The van der Waals surface area contributed by atoms with Crippen LogP contribution in [0.2, 0.25) is 0 Å². The number of hydrogen-bond acceptors (Lipinski definition) is 3. The molecule has 4 nitrogen and oxygen atoms in total. The van der Waals surface area contributed by atoms with Gasteiger partial charge in [0.15, 0.2) is 0 Å². The van der Waals surface area contributed by atoms with Crippen molar-refractivity contribution in [3.8, 4) is 5.75 Å². The Hall–Kier alpha value is -2.80. The molecule has 7 heteroatoms. The first-order chi connectivity index (χ1) is 13.4. The molecule has 2 aromatic rings. The lowest BCUT2D eigenvalue weighted by molar-refractivity contribution is -0.117. The molecule has 0 fully saturated rings. The number of likely N-dealkylation sites (N-methyl/N-ethyl adjacent to an activating group) is 1. The molecule has 0 radical (unpaired) electrons. The van der Waals surface area contributed by atoms with Gasteiger partial charge in [-0.2, -0.15) is 0 Å². The topological polar surface area (TPSA) is 41.6 Å². The molecule has 0 unspecified atom stereocenters. The average molecular weight is 390 g/mol. The normalized spacial score (nSPS) is 13.5. The molecule has 1 heterocycles.